The van der Waals surface area contributed by atoms with Crippen LogP contribution in [0.25, 0.3) is 0 Å². The van der Waals surface area contributed by atoms with Crippen LogP contribution < -0.4 is 11.4 Å². The van der Waals surface area contributed by atoms with Gasteiger partial charge in [0.05, 0.1) is 6.61 Å². The van der Waals surface area contributed by atoms with E-state index in [0.29, 0.717) is 4.57 Å². The van der Waals surface area contributed by atoms with Gasteiger partial charge in [-0.1, -0.05) is 0 Å². The average Bonchev–Trinajstić information content (AvgIpc) is 2.63. The van der Waals surface area contributed by atoms with Gasteiger partial charge in [0.25, 0.3) is 5.91 Å². The lowest BCUT2D eigenvalue weighted by atomic mass is 10.2. The highest BCUT2D eigenvalue weighted by Gasteiger charge is 2.52. The Labute approximate surface area is 117 Å². The second-order valence-corrected chi connectivity index (χ2v) is 6.01. The monoisotopic (exact) mass is 323 g/mol. The summed E-state index contributed by atoms with van der Waals surface area (Å²) in [6.45, 7) is -0.380. The predicted octanol–water partition coefficient (Wildman–Crippen LogP) is -2.66. The van der Waals surface area contributed by atoms with Crippen LogP contribution in [0.15, 0.2) is 17.1 Å². The van der Waals surface area contributed by atoms with Crippen molar-refractivity contribution >= 4 is 13.4 Å². The number of hydrogen-bond donors (Lipinski definition) is 5. The minimum absolute atomic E-state index is 0.0818. The number of nitrogens with zero attached hydrogens (tertiary/aromatic N) is 2. The summed E-state index contributed by atoms with van der Waals surface area (Å²) in [6, 6.07) is 1.21. The first-order valence-electron chi connectivity index (χ1n) is 5.70. The smallest absolute Gasteiger partial charge is 0.353 e. The minimum atomic E-state index is -4.44. The highest BCUT2D eigenvalue weighted by Crippen LogP contribution is 2.37. The van der Waals surface area contributed by atoms with E-state index in [9.17, 15) is 19.6 Å². The molecule has 1 aromatic heterocycles. The van der Waals surface area contributed by atoms with Crippen LogP contribution >= 0.6 is 7.60 Å². The molecule has 1 aromatic rings. The fourth-order valence-electron chi connectivity index (χ4n) is 1.83. The van der Waals surface area contributed by atoms with Gasteiger partial charge >= 0.3 is 13.3 Å². The van der Waals surface area contributed by atoms with Gasteiger partial charge in [-0.05, 0) is 6.07 Å². The predicted molar refractivity (Wildman–Crippen MR) is 66.8 cm³/mol. The van der Waals surface area contributed by atoms with Gasteiger partial charge in [-0.3, -0.25) is 4.57 Å². The largest absolute Gasteiger partial charge is 0.383 e. The van der Waals surface area contributed by atoms with Crippen molar-refractivity contribution < 1.29 is 34.0 Å². The zero-order valence-electron chi connectivity index (χ0n) is 10.6. The molecule has 21 heavy (non-hydrogen) atoms. The van der Waals surface area contributed by atoms with E-state index < -0.39 is 37.8 Å². The van der Waals surface area contributed by atoms with Gasteiger partial charge in [-0.2, -0.15) is 4.98 Å². The molecule has 1 aliphatic rings. The van der Waals surface area contributed by atoms with Gasteiger partial charge in [-0.25, -0.2) is 9.36 Å². The Bertz CT molecular complexity index is 630. The molecular formula is C9H14N3O8P. The number of nitrogens with two attached hydrogens (primary N) is 1. The molecule has 12 heteroatoms. The first kappa shape index (κ1) is 16.0. The Morgan fingerprint density at radius 3 is 2.86 bits per heavy atom. The fourth-order valence-corrected chi connectivity index (χ4v) is 2.21. The van der Waals surface area contributed by atoms with E-state index in [4.69, 9.17) is 25.0 Å². The van der Waals surface area contributed by atoms with Crippen LogP contribution in [0.3, 0.4) is 0 Å². The highest BCUT2D eigenvalue weighted by molar-refractivity contribution is 7.51. The van der Waals surface area contributed by atoms with Crippen LogP contribution in [0.4, 0.5) is 5.82 Å². The second-order valence-electron chi connectivity index (χ2n) is 4.42. The second kappa shape index (κ2) is 5.46. The summed E-state index contributed by atoms with van der Waals surface area (Å²) in [5, 5.41) is 20.2. The van der Waals surface area contributed by atoms with Gasteiger partial charge in [0.15, 0.2) is 6.10 Å². The number of aromatic nitrogens is 2. The Morgan fingerprint density at radius 2 is 2.29 bits per heavy atom. The summed E-state index contributed by atoms with van der Waals surface area (Å²) < 4.78 is 21.1. The number of rotatable bonds is 4. The fraction of sp³-hybridized carbons (Fsp3) is 0.556. The number of nitrogen functional groups attached to an aromatic ring is 1. The summed E-state index contributed by atoms with van der Waals surface area (Å²) in [7, 11) is -4.44. The molecule has 1 aliphatic heterocycles. The Hall–Kier alpha value is -1.33. The van der Waals surface area contributed by atoms with E-state index in [0.717, 1.165) is 6.20 Å². The third-order valence-corrected chi connectivity index (χ3v) is 3.31. The van der Waals surface area contributed by atoms with Gasteiger partial charge < -0.3 is 35.2 Å². The van der Waals surface area contributed by atoms with Crippen molar-refractivity contribution in [1.82, 2.24) is 9.55 Å². The van der Waals surface area contributed by atoms with Crippen molar-refractivity contribution in [3.8, 4) is 0 Å². The van der Waals surface area contributed by atoms with Crippen molar-refractivity contribution in [3.05, 3.63) is 22.7 Å². The van der Waals surface area contributed by atoms with Crippen molar-refractivity contribution in [1.29, 1.82) is 0 Å². The quantitative estimate of drug-likeness (QED) is 0.367. The van der Waals surface area contributed by atoms with Crippen LogP contribution in [-0.4, -0.2) is 54.7 Å². The van der Waals surface area contributed by atoms with E-state index >= 15 is 0 Å². The molecule has 0 unspecified atom stereocenters. The summed E-state index contributed by atoms with van der Waals surface area (Å²) in [5.41, 5.74) is 4.34. The van der Waals surface area contributed by atoms with E-state index in [-0.39, 0.29) is 12.4 Å². The van der Waals surface area contributed by atoms with Crippen molar-refractivity contribution in [2.24, 2.45) is 0 Å². The van der Waals surface area contributed by atoms with E-state index in [1.165, 1.54) is 6.07 Å². The molecule has 0 radical (unpaired) electrons. The van der Waals surface area contributed by atoms with Crippen LogP contribution in [0.1, 0.15) is 0 Å². The van der Waals surface area contributed by atoms with Gasteiger partial charge in [0.2, 0.25) is 0 Å². The molecule has 0 bridgehead atoms. The lowest BCUT2D eigenvalue weighted by Crippen LogP contribution is -2.51. The zero-order valence-corrected chi connectivity index (χ0v) is 11.5. The minimum Gasteiger partial charge on any atom is -0.383 e. The molecule has 11 nitrogen and oxygen atoms in total. The molecule has 118 valence electrons. The molecule has 3 atom stereocenters. The molecule has 0 aliphatic carbocycles. The molecule has 0 spiro atoms. The topological polar surface area (TPSA) is 177 Å². The maximum Gasteiger partial charge on any atom is 0.353 e. The average molecular weight is 323 g/mol. The zero-order chi connectivity index (χ0) is 15.8. The summed E-state index contributed by atoms with van der Waals surface area (Å²) >= 11 is 0. The van der Waals surface area contributed by atoms with E-state index in [2.05, 4.69) is 4.98 Å². The third kappa shape index (κ3) is 3.30. The first-order chi connectivity index (χ1) is 9.63. The van der Waals surface area contributed by atoms with Crippen LogP contribution in [-0.2, 0) is 19.9 Å². The van der Waals surface area contributed by atoms with Crippen LogP contribution in [0, 0.1) is 0 Å². The molecule has 1 saturated heterocycles. The number of anilines is 1. The molecule has 1 fully saturated rings. The first-order valence-corrected chi connectivity index (χ1v) is 7.49. The van der Waals surface area contributed by atoms with Crippen LogP contribution in [0.5, 0.6) is 0 Å². The third-order valence-electron chi connectivity index (χ3n) is 2.82. The van der Waals surface area contributed by atoms with Crippen molar-refractivity contribution in [2.45, 2.75) is 18.1 Å². The lowest BCUT2D eigenvalue weighted by molar-refractivity contribution is -0.278. The van der Waals surface area contributed by atoms with Crippen molar-refractivity contribution in [3.63, 3.8) is 0 Å². The molecule has 6 N–H and O–H groups in total. The summed E-state index contributed by atoms with van der Waals surface area (Å²) in [6.07, 6.45) is -2.87. The SMILES string of the molecule is Nc1ccn([C@]2(O)OC[C@@H](OCP(=O)(O)O)[C@@H]2O)c(=O)n1. The van der Waals surface area contributed by atoms with E-state index in [1.54, 1.807) is 0 Å². The Morgan fingerprint density at radius 1 is 1.62 bits per heavy atom. The van der Waals surface area contributed by atoms with Gasteiger partial charge in [0, 0.05) is 6.20 Å². The number of aliphatic hydroxyl groups excluding tert-OH is 1. The highest BCUT2D eigenvalue weighted by atomic mass is 31.2. The number of hydrogen-bond acceptors (Lipinski definition) is 8. The Kier molecular flexibility index (Phi) is 4.17. The van der Waals surface area contributed by atoms with E-state index in [1.807, 2.05) is 0 Å². The standard InChI is InChI=1S/C9H14N3O8P/c10-6-1-2-12(8(14)11-6)9(15)7(13)5(3-20-9)19-4-21(16,17)18/h1-2,5,7,13,15H,3-4H2,(H2,10,11,14)(H2,16,17,18)/t5-,7+,9-/m1/s1. The summed E-state index contributed by atoms with van der Waals surface area (Å²) in [4.78, 5) is 32.5. The molecule has 2 rings (SSSR count). The maximum atomic E-state index is 11.7. The van der Waals surface area contributed by atoms with Crippen LogP contribution in [0.2, 0.25) is 0 Å². The molecule has 2 heterocycles. The lowest BCUT2D eigenvalue weighted by Gasteiger charge is -2.27. The van der Waals surface area contributed by atoms with Gasteiger partial charge in [-0.15, -0.1) is 0 Å². The molecule has 0 amide bonds. The normalized spacial score (nSPS) is 29.7. The summed E-state index contributed by atoms with van der Waals surface area (Å²) in [5.74, 6) is -2.54. The molecule has 0 aromatic carbocycles. The number of aliphatic hydroxyl groups is 2. The van der Waals surface area contributed by atoms with Crippen molar-refractivity contribution in [2.75, 3.05) is 18.7 Å². The van der Waals surface area contributed by atoms with Gasteiger partial charge in [0.1, 0.15) is 18.3 Å². The number of ether oxygens (including phenoxy) is 2. The molecule has 0 saturated carbocycles. The molecular weight excluding hydrogens is 309 g/mol. The maximum absolute atomic E-state index is 11.7. The Balaban J connectivity index is 2.21.